The van der Waals surface area contributed by atoms with Crippen LogP contribution in [0.15, 0.2) is 0 Å². The molecule has 0 saturated carbocycles. The zero-order valence-corrected chi connectivity index (χ0v) is 11.7. The van der Waals surface area contributed by atoms with Crippen LogP contribution in [0.25, 0.3) is 0 Å². The molecular formula is C12H26N4O2. The summed E-state index contributed by atoms with van der Waals surface area (Å²) in [5.41, 5.74) is 2.22. The molecule has 6 nitrogen and oxygen atoms in total. The molecular weight excluding hydrogens is 232 g/mol. The fourth-order valence-corrected chi connectivity index (χ4v) is 2.35. The van der Waals surface area contributed by atoms with E-state index in [0.29, 0.717) is 12.6 Å². The van der Waals surface area contributed by atoms with Gasteiger partial charge < -0.3 is 4.74 Å². The highest BCUT2D eigenvalue weighted by Crippen LogP contribution is 2.11. The van der Waals surface area contributed by atoms with Crippen LogP contribution in [-0.4, -0.2) is 67.7 Å². The molecule has 0 bridgehead atoms. The van der Waals surface area contributed by atoms with E-state index in [4.69, 9.17) is 10.6 Å². The van der Waals surface area contributed by atoms with Crippen molar-refractivity contribution in [2.45, 2.75) is 32.4 Å². The van der Waals surface area contributed by atoms with Gasteiger partial charge in [0.05, 0.1) is 6.61 Å². The topological polar surface area (TPSA) is 70.8 Å². The Morgan fingerprint density at radius 1 is 1.33 bits per heavy atom. The first-order valence-electron chi connectivity index (χ1n) is 6.61. The normalized spacial score (nSPS) is 21.6. The van der Waals surface area contributed by atoms with Crippen LogP contribution in [0.3, 0.4) is 0 Å². The fraction of sp³-hybridized carbons (Fsp3) is 0.917. The first kappa shape index (κ1) is 15.4. The lowest BCUT2D eigenvalue weighted by atomic mass is 10.1. The fourth-order valence-electron chi connectivity index (χ4n) is 2.35. The molecule has 1 heterocycles. The zero-order valence-electron chi connectivity index (χ0n) is 11.7. The van der Waals surface area contributed by atoms with Crippen molar-refractivity contribution in [3.8, 4) is 0 Å². The van der Waals surface area contributed by atoms with Gasteiger partial charge >= 0.3 is 0 Å². The molecule has 0 aromatic heterocycles. The van der Waals surface area contributed by atoms with Gasteiger partial charge in [0.1, 0.15) is 6.04 Å². The predicted octanol–water partition coefficient (Wildman–Crippen LogP) is -0.593. The average Bonchev–Trinajstić information content (AvgIpc) is 2.43. The van der Waals surface area contributed by atoms with Crippen molar-refractivity contribution in [2.24, 2.45) is 5.84 Å². The van der Waals surface area contributed by atoms with Crippen molar-refractivity contribution in [2.75, 3.05) is 39.9 Å². The van der Waals surface area contributed by atoms with Gasteiger partial charge in [0.25, 0.3) is 5.91 Å². The molecule has 2 unspecified atom stereocenters. The third kappa shape index (κ3) is 3.91. The van der Waals surface area contributed by atoms with Gasteiger partial charge in [-0.3, -0.25) is 20.0 Å². The summed E-state index contributed by atoms with van der Waals surface area (Å²) >= 11 is 0. The summed E-state index contributed by atoms with van der Waals surface area (Å²) in [4.78, 5) is 16.3. The molecule has 0 aromatic rings. The van der Waals surface area contributed by atoms with Gasteiger partial charge in [-0.25, -0.2) is 5.84 Å². The Labute approximate surface area is 109 Å². The summed E-state index contributed by atoms with van der Waals surface area (Å²) in [6.07, 6.45) is 1.16. The Kier molecular flexibility index (Phi) is 6.56. The predicted molar refractivity (Wildman–Crippen MR) is 70.9 cm³/mol. The number of nitrogens with zero attached hydrogens (tertiary/aromatic N) is 2. The summed E-state index contributed by atoms with van der Waals surface area (Å²) < 4.78 is 5.10. The summed E-state index contributed by atoms with van der Waals surface area (Å²) in [6, 6.07) is 0.329. The molecule has 2 atom stereocenters. The number of nitrogens with one attached hydrogen (secondary N) is 1. The Balaban J connectivity index is 2.51. The average molecular weight is 258 g/mol. The number of nitrogens with two attached hydrogens (primary N) is 1. The van der Waals surface area contributed by atoms with Crippen LogP contribution in [0.1, 0.15) is 20.3 Å². The van der Waals surface area contributed by atoms with E-state index in [0.717, 1.165) is 32.6 Å². The van der Waals surface area contributed by atoms with E-state index < -0.39 is 0 Å². The summed E-state index contributed by atoms with van der Waals surface area (Å²) in [5.74, 6) is 5.04. The third-order valence-electron chi connectivity index (χ3n) is 3.77. The Morgan fingerprint density at radius 2 is 1.89 bits per heavy atom. The maximum atomic E-state index is 11.7. The highest BCUT2D eigenvalue weighted by atomic mass is 16.5. The quantitative estimate of drug-likeness (QED) is 0.378. The molecule has 1 fully saturated rings. The van der Waals surface area contributed by atoms with Crippen LogP contribution in [-0.2, 0) is 9.53 Å². The van der Waals surface area contributed by atoms with Gasteiger partial charge in [-0.2, -0.15) is 0 Å². The number of rotatable bonds is 6. The second kappa shape index (κ2) is 7.68. The van der Waals surface area contributed by atoms with Crippen molar-refractivity contribution in [1.82, 2.24) is 15.2 Å². The molecule has 1 rings (SSSR count). The molecule has 18 heavy (non-hydrogen) atoms. The van der Waals surface area contributed by atoms with Crippen molar-refractivity contribution in [3.05, 3.63) is 0 Å². The lowest BCUT2D eigenvalue weighted by molar-refractivity contribution is -0.129. The van der Waals surface area contributed by atoms with E-state index in [2.05, 4.69) is 29.1 Å². The van der Waals surface area contributed by atoms with E-state index in [1.807, 2.05) is 0 Å². The molecule has 1 amide bonds. The number of hydrazine groups is 1. The van der Waals surface area contributed by atoms with Gasteiger partial charge in [0, 0.05) is 39.3 Å². The SMILES string of the molecule is CCC(C)N1CCN(C(COC)C(=O)NN)CC1. The Morgan fingerprint density at radius 3 is 2.33 bits per heavy atom. The van der Waals surface area contributed by atoms with E-state index >= 15 is 0 Å². The van der Waals surface area contributed by atoms with Gasteiger partial charge in [-0.15, -0.1) is 0 Å². The van der Waals surface area contributed by atoms with E-state index in [1.165, 1.54) is 0 Å². The monoisotopic (exact) mass is 258 g/mol. The molecule has 0 aliphatic carbocycles. The van der Waals surface area contributed by atoms with Crippen LogP contribution >= 0.6 is 0 Å². The molecule has 0 radical (unpaired) electrons. The number of hydrogen-bond acceptors (Lipinski definition) is 5. The number of carbonyl (C=O) groups excluding carboxylic acids is 1. The van der Waals surface area contributed by atoms with Crippen LogP contribution in [0.2, 0.25) is 0 Å². The summed E-state index contributed by atoms with van der Waals surface area (Å²) in [7, 11) is 1.60. The van der Waals surface area contributed by atoms with Crippen LogP contribution < -0.4 is 11.3 Å². The number of amides is 1. The molecule has 1 aliphatic rings. The van der Waals surface area contributed by atoms with Gasteiger partial charge in [0.2, 0.25) is 0 Å². The minimum atomic E-state index is -0.279. The summed E-state index contributed by atoms with van der Waals surface area (Å²) in [5, 5.41) is 0. The van der Waals surface area contributed by atoms with Gasteiger partial charge in [-0.05, 0) is 13.3 Å². The standard InChI is InChI=1S/C12H26N4O2/c1-4-10(2)15-5-7-16(8-6-15)11(9-18-3)12(17)14-13/h10-11H,4-9,13H2,1-3H3,(H,14,17). The highest BCUT2D eigenvalue weighted by molar-refractivity contribution is 5.81. The number of carbonyl (C=O) groups is 1. The van der Waals surface area contributed by atoms with E-state index in [-0.39, 0.29) is 11.9 Å². The minimum Gasteiger partial charge on any atom is -0.383 e. The number of methoxy groups -OCH3 is 1. The number of piperazine rings is 1. The molecule has 106 valence electrons. The van der Waals surface area contributed by atoms with E-state index in [9.17, 15) is 4.79 Å². The summed E-state index contributed by atoms with van der Waals surface area (Å²) in [6.45, 7) is 8.58. The minimum absolute atomic E-state index is 0.172. The van der Waals surface area contributed by atoms with Crippen molar-refractivity contribution in [3.63, 3.8) is 0 Å². The van der Waals surface area contributed by atoms with Gasteiger partial charge in [0.15, 0.2) is 0 Å². The molecule has 0 spiro atoms. The van der Waals surface area contributed by atoms with Crippen molar-refractivity contribution in [1.29, 1.82) is 0 Å². The lowest BCUT2D eigenvalue weighted by Gasteiger charge is -2.40. The highest BCUT2D eigenvalue weighted by Gasteiger charge is 2.29. The Hall–Kier alpha value is -0.690. The van der Waals surface area contributed by atoms with Crippen LogP contribution in [0.5, 0.6) is 0 Å². The van der Waals surface area contributed by atoms with Crippen LogP contribution in [0, 0.1) is 0 Å². The van der Waals surface area contributed by atoms with Gasteiger partial charge in [-0.1, -0.05) is 6.92 Å². The zero-order chi connectivity index (χ0) is 13.5. The molecule has 6 heteroatoms. The van der Waals surface area contributed by atoms with Crippen molar-refractivity contribution >= 4 is 5.91 Å². The maximum absolute atomic E-state index is 11.7. The van der Waals surface area contributed by atoms with E-state index in [1.54, 1.807) is 7.11 Å². The molecule has 3 N–H and O–H groups in total. The van der Waals surface area contributed by atoms with Crippen LogP contribution in [0.4, 0.5) is 0 Å². The largest absolute Gasteiger partial charge is 0.383 e. The number of hydrogen-bond donors (Lipinski definition) is 2. The first-order chi connectivity index (χ1) is 8.63. The third-order valence-corrected chi connectivity index (χ3v) is 3.77. The lowest BCUT2D eigenvalue weighted by Crippen LogP contribution is -2.58. The second-order valence-corrected chi connectivity index (χ2v) is 4.81. The second-order valence-electron chi connectivity index (χ2n) is 4.81. The number of ether oxygens (including phenoxy) is 1. The Bertz CT molecular complexity index is 254. The van der Waals surface area contributed by atoms with Crippen molar-refractivity contribution < 1.29 is 9.53 Å². The first-order valence-corrected chi connectivity index (χ1v) is 6.61. The maximum Gasteiger partial charge on any atom is 0.253 e. The molecule has 1 aliphatic heterocycles. The smallest absolute Gasteiger partial charge is 0.253 e. The molecule has 1 saturated heterocycles. The molecule has 0 aromatic carbocycles.